The predicted molar refractivity (Wildman–Crippen MR) is 115 cm³/mol. The van der Waals surface area contributed by atoms with Crippen LogP contribution in [-0.4, -0.2) is 68.0 Å². The molecule has 0 bridgehead atoms. The minimum Gasteiger partial charge on any atom is -0.491 e. The lowest BCUT2D eigenvalue weighted by molar-refractivity contribution is 0.0320. The average Bonchev–Trinajstić information content (AvgIpc) is 2.71. The molecule has 1 fully saturated rings. The van der Waals surface area contributed by atoms with Gasteiger partial charge in [0.15, 0.2) is 9.84 Å². The van der Waals surface area contributed by atoms with Crippen LogP contribution in [0.3, 0.4) is 0 Å². The second kappa shape index (κ2) is 9.24. The number of amides is 1. The van der Waals surface area contributed by atoms with Gasteiger partial charge in [-0.2, -0.15) is 0 Å². The fourth-order valence-corrected chi connectivity index (χ4v) is 4.41. The zero-order valence-corrected chi connectivity index (χ0v) is 18.4. The van der Waals surface area contributed by atoms with E-state index in [2.05, 4.69) is 11.8 Å². The molecular formula is C21H25ClN2O5S. The van der Waals surface area contributed by atoms with Crippen molar-refractivity contribution in [2.75, 3.05) is 32.5 Å². The van der Waals surface area contributed by atoms with Crippen LogP contribution < -0.4 is 4.74 Å². The highest BCUT2D eigenvalue weighted by Crippen LogP contribution is 2.26. The molecule has 2 atom stereocenters. The lowest BCUT2D eigenvalue weighted by Crippen LogP contribution is -2.57. The number of hydrogen-bond acceptors (Lipinski definition) is 5. The summed E-state index contributed by atoms with van der Waals surface area (Å²) in [6.07, 6.45) is 0.164. The van der Waals surface area contributed by atoms with Gasteiger partial charge in [0.2, 0.25) is 0 Å². The van der Waals surface area contributed by atoms with Gasteiger partial charge in [0.05, 0.1) is 10.9 Å². The Hall–Kier alpha value is -2.29. The van der Waals surface area contributed by atoms with E-state index in [9.17, 15) is 18.3 Å². The molecule has 1 aliphatic heterocycles. The number of nitrogens with zero attached hydrogens (tertiary/aromatic N) is 2. The number of hydrogen-bond donors (Lipinski definition) is 1. The molecule has 0 aromatic heterocycles. The molecule has 1 aliphatic rings. The van der Waals surface area contributed by atoms with E-state index in [1.54, 1.807) is 12.1 Å². The smallest absolute Gasteiger partial charge is 0.407 e. The van der Waals surface area contributed by atoms with Gasteiger partial charge in [0.25, 0.3) is 0 Å². The van der Waals surface area contributed by atoms with Crippen molar-refractivity contribution in [2.24, 2.45) is 0 Å². The number of piperazine rings is 1. The number of ether oxygens (including phenoxy) is 1. The summed E-state index contributed by atoms with van der Waals surface area (Å²) in [7, 11) is -3.28. The number of sulfone groups is 1. The molecule has 0 aliphatic carbocycles. The van der Waals surface area contributed by atoms with Crippen molar-refractivity contribution in [1.29, 1.82) is 0 Å². The van der Waals surface area contributed by atoms with Crippen molar-refractivity contribution in [3.8, 4) is 5.75 Å². The molecule has 1 heterocycles. The van der Waals surface area contributed by atoms with Crippen LogP contribution >= 0.6 is 11.6 Å². The minimum atomic E-state index is -3.28. The second-order valence-corrected chi connectivity index (χ2v) is 9.86. The summed E-state index contributed by atoms with van der Waals surface area (Å²) in [4.78, 5) is 15.5. The quantitative estimate of drug-likeness (QED) is 0.721. The summed E-state index contributed by atoms with van der Waals surface area (Å²) in [6.45, 7) is 3.75. The number of benzene rings is 2. The first-order chi connectivity index (χ1) is 14.1. The van der Waals surface area contributed by atoms with E-state index in [1.165, 1.54) is 17.0 Å². The molecule has 162 valence electrons. The average molecular weight is 453 g/mol. The maximum absolute atomic E-state index is 11.7. The molecule has 0 saturated carbocycles. The van der Waals surface area contributed by atoms with Crippen LogP contribution in [0.4, 0.5) is 4.79 Å². The van der Waals surface area contributed by atoms with E-state index in [4.69, 9.17) is 16.3 Å². The molecule has 1 N–H and O–H groups in total. The van der Waals surface area contributed by atoms with E-state index >= 15 is 0 Å². The Bertz CT molecular complexity index is 997. The lowest BCUT2D eigenvalue weighted by atomic mass is 10.0. The van der Waals surface area contributed by atoms with Crippen LogP contribution in [0.15, 0.2) is 53.4 Å². The van der Waals surface area contributed by atoms with Crippen LogP contribution in [0.2, 0.25) is 5.02 Å². The first-order valence-electron chi connectivity index (χ1n) is 9.57. The Balaban J connectivity index is 1.69. The first kappa shape index (κ1) is 22.4. The van der Waals surface area contributed by atoms with Gasteiger partial charge in [-0.05, 0) is 48.9 Å². The van der Waals surface area contributed by atoms with Gasteiger partial charge in [0, 0.05) is 37.0 Å². The topological polar surface area (TPSA) is 87.2 Å². The third-order valence-electron chi connectivity index (χ3n) is 5.33. The van der Waals surface area contributed by atoms with E-state index in [1.807, 2.05) is 24.3 Å². The third kappa shape index (κ3) is 5.44. The Kier molecular flexibility index (Phi) is 6.90. The molecule has 0 spiro atoms. The lowest BCUT2D eigenvalue weighted by Gasteiger charge is -2.42. The van der Waals surface area contributed by atoms with E-state index in [0.29, 0.717) is 30.4 Å². The molecule has 7 nitrogen and oxygen atoms in total. The monoisotopic (exact) mass is 452 g/mol. The van der Waals surface area contributed by atoms with Crippen molar-refractivity contribution >= 4 is 27.5 Å². The first-order valence-corrected chi connectivity index (χ1v) is 11.8. The van der Waals surface area contributed by atoms with E-state index in [-0.39, 0.29) is 23.6 Å². The summed E-state index contributed by atoms with van der Waals surface area (Å²) in [5.41, 5.74) is 1.07. The summed E-state index contributed by atoms with van der Waals surface area (Å²) in [5, 5.41) is 10.2. The van der Waals surface area contributed by atoms with Crippen LogP contribution in [0.25, 0.3) is 0 Å². The normalized spacial score (nSPS) is 18.8. The van der Waals surface area contributed by atoms with E-state index < -0.39 is 15.9 Å². The minimum absolute atomic E-state index is 0.0798. The summed E-state index contributed by atoms with van der Waals surface area (Å²) in [6, 6.07) is 13.5. The Labute approximate surface area is 181 Å². The van der Waals surface area contributed by atoms with Crippen LogP contribution in [0.1, 0.15) is 18.5 Å². The van der Waals surface area contributed by atoms with Gasteiger partial charge >= 0.3 is 6.09 Å². The molecule has 0 radical (unpaired) electrons. The number of carbonyl (C=O) groups is 1. The predicted octanol–water partition coefficient (Wildman–Crippen LogP) is 3.55. The highest BCUT2D eigenvalue weighted by atomic mass is 35.5. The molecule has 2 unspecified atom stereocenters. The number of carboxylic acid groups (broad SMARTS) is 1. The van der Waals surface area contributed by atoms with Crippen molar-refractivity contribution in [3.63, 3.8) is 0 Å². The van der Waals surface area contributed by atoms with Crippen molar-refractivity contribution in [2.45, 2.75) is 23.9 Å². The molecule has 9 heteroatoms. The molecule has 1 saturated heterocycles. The fourth-order valence-electron chi connectivity index (χ4n) is 3.58. The molecular weight excluding hydrogens is 428 g/mol. The largest absolute Gasteiger partial charge is 0.491 e. The van der Waals surface area contributed by atoms with Crippen molar-refractivity contribution in [3.05, 3.63) is 59.1 Å². The number of rotatable bonds is 6. The van der Waals surface area contributed by atoms with Gasteiger partial charge in [-0.15, -0.1) is 0 Å². The van der Waals surface area contributed by atoms with Crippen LogP contribution in [0, 0.1) is 0 Å². The zero-order valence-electron chi connectivity index (χ0n) is 16.9. The fraction of sp³-hybridized carbons (Fsp3) is 0.381. The maximum Gasteiger partial charge on any atom is 0.407 e. The third-order valence-corrected chi connectivity index (χ3v) is 6.70. The van der Waals surface area contributed by atoms with Gasteiger partial charge in [-0.1, -0.05) is 23.7 Å². The van der Waals surface area contributed by atoms with E-state index in [0.717, 1.165) is 11.8 Å². The second-order valence-electron chi connectivity index (χ2n) is 7.41. The molecule has 2 aromatic carbocycles. The Morgan fingerprint density at radius 2 is 1.93 bits per heavy atom. The maximum atomic E-state index is 11.7. The molecule has 2 aromatic rings. The summed E-state index contributed by atoms with van der Waals surface area (Å²) in [5.74, 6) is 0.493. The van der Waals surface area contributed by atoms with Crippen LogP contribution in [-0.2, 0) is 9.84 Å². The van der Waals surface area contributed by atoms with Crippen molar-refractivity contribution in [1.82, 2.24) is 9.80 Å². The molecule has 30 heavy (non-hydrogen) atoms. The van der Waals surface area contributed by atoms with Gasteiger partial charge in [-0.25, -0.2) is 13.2 Å². The highest BCUT2D eigenvalue weighted by Gasteiger charge is 2.33. The molecule has 3 rings (SSSR count). The van der Waals surface area contributed by atoms with Gasteiger partial charge in [0.1, 0.15) is 12.4 Å². The van der Waals surface area contributed by atoms with Crippen LogP contribution in [0.5, 0.6) is 5.75 Å². The number of halogens is 1. The zero-order chi connectivity index (χ0) is 21.9. The Morgan fingerprint density at radius 1 is 1.23 bits per heavy atom. The van der Waals surface area contributed by atoms with Gasteiger partial charge in [-0.3, -0.25) is 9.80 Å². The SMILES string of the molecule is CC(c1cccc(Cl)c1)N1CCN(C(=O)O)C(COc2ccc(S(C)(=O)=O)cc2)C1. The highest BCUT2D eigenvalue weighted by molar-refractivity contribution is 7.90. The summed E-state index contributed by atoms with van der Waals surface area (Å²) < 4.78 is 29.0. The molecule has 1 amide bonds. The summed E-state index contributed by atoms with van der Waals surface area (Å²) >= 11 is 6.12. The van der Waals surface area contributed by atoms with Gasteiger partial charge < -0.3 is 9.84 Å². The van der Waals surface area contributed by atoms with Crippen molar-refractivity contribution < 1.29 is 23.1 Å². The Morgan fingerprint density at radius 3 is 2.53 bits per heavy atom. The standard InChI is InChI=1S/C21H25ClN2O5S/c1-15(16-4-3-5-17(22)12-16)23-10-11-24(21(25)26)18(13-23)14-29-19-6-8-20(9-7-19)30(2,27)28/h3-9,12,15,18H,10-11,13-14H2,1-2H3,(H,25,26).